The Morgan fingerprint density at radius 1 is 1.22 bits per heavy atom. The standard InChI is InChI=1S/C16H16FN5O4S/c1-21(2)27(24,25)13-7-8-14-15(9-13)22(20-19-14)26-10-16(23)18-12-5-3-11(17)4-6-12/h3-9H,10H2,1-2H3,(H,18,23). The van der Waals surface area contributed by atoms with Crippen LogP contribution in [0.25, 0.3) is 11.0 Å². The van der Waals surface area contributed by atoms with Crippen LogP contribution in [0.5, 0.6) is 0 Å². The lowest BCUT2D eigenvalue weighted by atomic mass is 10.3. The van der Waals surface area contributed by atoms with Gasteiger partial charge in [-0.25, -0.2) is 17.1 Å². The van der Waals surface area contributed by atoms with Gasteiger partial charge in [0.1, 0.15) is 16.9 Å². The number of sulfonamides is 1. The number of amides is 1. The first-order valence-corrected chi connectivity index (χ1v) is 9.18. The van der Waals surface area contributed by atoms with E-state index in [9.17, 15) is 17.6 Å². The molecule has 0 radical (unpaired) electrons. The second-order valence-electron chi connectivity index (χ2n) is 5.73. The SMILES string of the molecule is CN(C)S(=O)(=O)c1ccc2nnn(OCC(=O)Nc3ccc(F)cc3)c2c1. The molecule has 1 heterocycles. The summed E-state index contributed by atoms with van der Waals surface area (Å²) in [6.07, 6.45) is 0. The van der Waals surface area contributed by atoms with E-state index in [0.717, 1.165) is 9.15 Å². The van der Waals surface area contributed by atoms with E-state index < -0.39 is 28.4 Å². The number of rotatable bonds is 6. The van der Waals surface area contributed by atoms with Crippen LogP contribution in [0.3, 0.4) is 0 Å². The summed E-state index contributed by atoms with van der Waals surface area (Å²) in [5.41, 5.74) is 1.12. The smallest absolute Gasteiger partial charge is 0.265 e. The van der Waals surface area contributed by atoms with E-state index in [1.807, 2.05) is 0 Å². The van der Waals surface area contributed by atoms with Crippen molar-refractivity contribution in [3.05, 3.63) is 48.3 Å². The van der Waals surface area contributed by atoms with Crippen molar-refractivity contribution in [2.45, 2.75) is 4.90 Å². The maximum atomic E-state index is 12.9. The minimum atomic E-state index is -3.64. The third kappa shape index (κ3) is 4.04. The number of nitrogens with zero attached hydrogens (tertiary/aromatic N) is 4. The van der Waals surface area contributed by atoms with Crippen LogP contribution in [0.2, 0.25) is 0 Å². The second kappa shape index (κ2) is 7.29. The van der Waals surface area contributed by atoms with Crippen LogP contribution in [-0.4, -0.2) is 54.5 Å². The second-order valence-corrected chi connectivity index (χ2v) is 7.88. The van der Waals surface area contributed by atoms with Gasteiger partial charge < -0.3 is 10.2 Å². The van der Waals surface area contributed by atoms with Crippen molar-refractivity contribution in [3.8, 4) is 0 Å². The fraction of sp³-hybridized carbons (Fsp3) is 0.188. The van der Waals surface area contributed by atoms with Gasteiger partial charge in [-0.15, -0.1) is 5.10 Å². The normalized spacial score (nSPS) is 11.7. The maximum Gasteiger partial charge on any atom is 0.265 e. The van der Waals surface area contributed by atoms with E-state index in [-0.39, 0.29) is 4.90 Å². The molecule has 0 aliphatic heterocycles. The molecule has 0 fully saturated rings. The molecule has 0 bridgehead atoms. The van der Waals surface area contributed by atoms with Crippen LogP contribution < -0.4 is 10.2 Å². The average molecular weight is 393 g/mol. The topological polar surface area (TPSA) is 106 Å². The molecule has 1 aromatic heterocycles. The van der Waals surface area contributed by atoms with E-state index in [2.05, 4.69) is 15.6 Å². The molecule has 27 heavy (non-hydrogen) atoms. The Kier molecular flexibility index (Phi) is 5.06. The minimum Gasteiger partial charge on any atom is -0.385 e. The van der Waals surface area contributed by atoms with Crippen LogP contribution in [-0.2, 0) is 14.8 Å². The van der Waals surface area contributed by atoms with Gasteiger partial charge in [-0.3, -0.25) is 4.79 Å². The van der Waals surface area contributed by atoms with Crippen LogP contribution in [0.4, 0.5) is 10.1 Å². The monoisotopic (exact) mass is 393 g/mol. The van der Waals surface area contributed by atoms with E-state index in [1.54, 1.807) is 0 Å². The van der Waals surface area contributed by atoms with Gasteiger partial charge in [0.05, 0.1) is 4.90 Å². The Morgan fingerprint density at radius 2 is 1.93 bits per heavy atom. The van der Waals surface area contributed by atoms with Crippen molar-refractivity contribution in [2.75, 3.05) is 26.0 Å². The van der Waals surface area contributed by atoms with Gasteiger partial charge in [0.2, 0.25) is 10.0 Å². The molecule has 0 saturated carbocycles. The lowest BCUT2D eigenvalue weighted by molar-refractivity contribution is -0.121. The molecular formula is C16H16FN5O4S. The molecule has 3 rings (SSSR count). The molecule has 11 heteroatoms. The molecule has 0 aliphatic rings. The molecule has 0 spiro atoms. The zero-order chi connectivity index (χ0) is 19.6. The van der Waals surface area contributed by atoms with Crippen molar-refractivity contribution < 1.29 is 22.4 Å². The number of hydrogen-bond acceptors (Lipinski definition) is 6. The molecule has 3 aromatic rings. The van der Waals surface area contributed by atoms with Gasteiger partial charge in [0.25, 0.3) is 5.91 Å². The lowest BCUT2D eigenvalue weighted by Crippen LogP contribution is -2.26. The number of hydrogen-bond donors (Lipinski definition) is 1. The number of halogens is 1. The van der Waals surface area contributed by atoms with Crippen LogP contribution >= 0.6 is 0 Å². The third-order valence-electron chi connectivity index (χ3n) is 3.61. The summed E-state index contributed by atoms with van der Waals surface area (Å²) >= 11 is 0. The highest BCUT2D eigenvalue weighted by Gasteiger charge is 2.19. The van der Waals surface area contributed by atoms with Crippen molar-refractivity contribution in [1.29, 1.82) is 0 Å². The lowest BCUT2D eigenvalue weighted by Gasteiger charge is -2.11. The van der Waals surface area contributed by atoms with E-state index in [4.69, 9.17) is 4.84 Å². The zero-order valence-corrected chi connectivity index (χ0v) is 15.3. The third-order valence-corrected chi connectivity index (χ3v) is 5.42. The Balaban J connectivity index is 1.75. The number of carbonyl (C=O) groups excluding carboxylic acids is 1. The molecule has 0 atom stereocenters. The average Bonchev–Trinajstić information content (AvgIpc) is 3.04. The Hall–Kier alpha value is -3.05. The Morgan fingerprint density at radius 3 is 2.59 bits per heavy atom. The van der Waals surface area contributed by atoms with Gasteiger partial charge in [0.15, 0.2) is 6.61 Å². The first-order chi connectivity index (χ1) is 12.8. The highest BCUT2D eigenvalue weighted by atomic mass is 32.2. The molecule has 1 N–H and O–H groups in total. The molecule has 0 aliphatic carbocycles. The summed E-state index contributed by atoms with van der Waals surface area (Å²) in [5.74, 6) is -0.913. The molecule has 9 nitrogen and oxygen atoms in total. The predicted molar refractivity (Wildman–Crippen MR) is 94.9 cm³/mol. The molecule has 2 aromatic carbocycles. The first-order valence-electron chi connectivity index (χ1n) is 7.74. The summed E-state index contributed by atoms with van der Waals surface area (Å²) in [4.78, 5) is 18.3. The number of carbonyl (C=O) groups is 1. The van der Waals surface area contributed by atoms with E-state index in [1.165, 1.54) is 56.6 Å². The van der Waals surface area contributed by atoms with Crippen molar-refractivity contribution in [1.82, 2.24) is 19.5 Å². The fourth-order valence-electron chi connectivity index (χ4n) is 2.19. The van der Waals surface area contributed by atoms with Gasteiger partial charge in [-0.05, 0) is 47.7 Å². The van der Waals surface area contributed by atoms with Gasteiger partial charge in [-0.2, -0.15) is 0 Å². The van der Waals surface area contributed by atoms with Crippen LogP contribution in [0, 0.1) is 5.82 Å². The Labute approximate surface area is 154 Å². The van der Waals surface area contributed by atoms with Crippen LogP contribution in [0.1, 0.15) is 0 Å². The number of aromatic nitrogens is 3. The number of fused-ring (bicyclic) bond motifs is 1. The number of benzene rings is 2. The Bertz CT molecular complexity index is 1080. The quantitative estimate of drug-likeness (QED) is 0.667. The predicted octanol–water partition coefficient (Wildman–Crippen LogP) is 0.888. The van der Waals surface area contributed by atoms with Crippen molar-refractivity contribution >= 4 is 32.7 Å². The van der Waals surface area contributed by atoms with Gasteiger partial charge >= 0.3 is 0 Å². The highest BCUT2D eigenvalue weighted by molar-refractivity contribution is 7.89. The highest BCUT2D eigenvalue weighted by Crippen LogP contribution is 2.19. The van der Waals surface area contributed by atoms with Gasteiger partial charge in [-0.1, -0.05) is 4.85 Å². The summed E-state index contributed by atoms with van der Waals surface area (Å²) in [5, 5.41) is 10.2. The largest absolute Gasteiger partial charge is 0.385 e. The zero-order valence-electron chi connectivity index (χ0n) is 14.5. The van der Waals surface area contributed by atoms with E-state index in [0.29, 0.717) is 16.7 Å². The first kappa shape index (κ1) is 18.7. The fourth-order valence-corrected chi connectivity index (χ4v) is 3.12. The molecule has 1 amide bonds. The van der Waals surface area contributed by atoms with E-state index >= 15 is 0 Å². The summed E-state index contributed by atoms with van der Waals surface area (Å²) < 4.78 is 38.4. The number of anilines is 1. The molecule has 0 saturated heterocycles. The summed E-state index contributed by atoms with van der Waals surface area (Å²) in [6, 6.07) is 9.53. The molecule has 0 unspecified atom stereocenters. The van der Waals surface area contributed by atoms with Crippen molar-refractivity contribution in [2.24, 2.45) is 0 Å². The van der Waals surface area contributed by atoms with Crippen LogP contribution in [0.15, 0.2) is 47.4 Å². The summed E-state index contributed by atoms with van der Waals surface area (Å²) in [7, 11) is -0.796. The molecule has 142 valence electrons. The molecular weight excluding hydrogens is 377 g/mol. The minimum absolute atomic E-state index is 0.0444. The van der Waals surface area contributed by atoms with Crippen molar-refractivity contribution in [3.63, 3.8) is 0 Å². The summed E-state index contributed by atoms with van der Waals surface area (Å²) in [6.45, 7) is -0.402. The maximum absolute atomic E-state index is 12.9. The number of nitrogens with one attached hydrogen (secondary N) is 1. The van der Waals surface area contributed by atoms with Gasteiger partial charge in [0, 0.05) is 19.8 Å².